The summed E-state index contributed by atoms with van der Waals surface area (Å²) in [6.07, 6.45) is 0. The van der Waals surface area contributed by atoms with Crippen LogP contribution in [0, 0.1) is 0 Å². The molecule has 0 saturated heterocycles. The Hall–Kier alpha value is -2.80. The van der Waals surface area contributed by atoms with E-state index in [4.69, 9.17) is 9.84 Å². The molecule has 0 aliphatic carbocycles. The topological polar surface area (TPSA) is 88.1 Å². The number of carboxylic acids is 1. The number of aromatic carboxylic acids is 1. The van der Waals surface area contributed by atoms with E-state index >= 15 is 0 Å². The molecule has 0 unspecified atom stereocenters. The van der Waals surface area contributed by atoms with Gasteiger partial charge in [0.1, 0.15) is 5.75 Å². The summed E-state index contributed by atoms with van der Waals surface area (Å²) in [5, 5.41) is 19.3. The number of carbonyl (C=O) groups is 1. The maximum Gasteiger partial charge on any atom is 0.359 e. The number of aromatic amines is 1. The van der Waals surface area contributed by atoms with Crippen LogP contribution in [0.5, 0.6) is 5.75 Å². The normalized spacial score (nSPS) is 10.6. The van der Waals surface area contributed by atoms with Crippen LogP contribution < -0.4 is 4.74 Å². The third-order valence-electron chi connectivity index (χ3n) is 3.55. The summed E-state index contributed by atoms with van der Waals surface area (Å²) in [7, 11) is 0. The van der Waals surface area contributed by atoms with Crippen molar-refractivity contribution in [3.8, 4) is 16.9 Å². The molecule has 0 aliphatic rings. The number of H-pyrrole nitrogens is 1. The summed E-state index contributed by atoms with van der Waals surface area (Å²) >= 11 is 1.34. The predicted octanol–water partition coefficient (Wildman–Crippen LogP) is 3.86. The van der Waals surface area contributed by atoms with Crippen molar-refractivity contribution in [3.05, 3.63) is 59.8 Å². The maximum atomic E-state index is 11.0. The Bertz CT molecular complexity index is 845. The minimum Gasteiger partial charge on any atom is -0.494 e. The van der Waals surface area contributed by atoms with Crippen LogP contribution >= 0.6 is 11.8 Å². The monoisotopic (exact) mass is 355 g/mol. The Balaban J connectivity index is 1.65. The first-order chi connectivity index (χ1) is 12.2. The molecular weight excluding hydrogens is 338 g/mol. The minimum absolute atomic E-state index is 0.0454. The molecule has 2 aromatic carbocycles. The van der Waals surface area contributed by atoms with Crippen LogP contribution in [-0.2, 0) is 5.75 Å². The van der Waals surface area contributed by atoms with Gasteiger partial charge in [0, 0.05) is 5.75 Å². The fourth-order valence-electron chi connectivity index (χ4n) is 2.32. The minimum atomic E-state index is -1.08. The molecule has 0 aliphatic heterocycles. The number of nitrogens with zero attached hydrogens (tertiary/aromatic N) is 2. The quantitative estimate of drug-likeness (QED) is 0.626. The molecule has 25 heavy (non-hydrogen) atoms. The van der Waals surface area contributed by atoms with Gasteiger partial charge in [-0.3, -0.25) is 0 Å². The molecule has 0 spiro atoms. The fraction of sp³-hybridized carbons (Fsp3) is 0.167. The molecule has 1 heterocycles. The van der Waals surface area contributed by atoms with Crippen LogP contribution in [0.4, 0.5) is 0 Å². The second kappa shape index (κ2) is 7.85. The summed E-state index contributed by atoms with van der Waals surface area (Å²) in [6.45, 7) is 2.62. The number of carboxylic acid groups (broad SMARTS) is 1. The van der Waals surface area contributed by atoms with Gasteiger partial charge in [0.05, 0.1) is 6.61 Å². The lowest BCUT2D eigenvalue weighted by molar-refractivity contribution is 0.0686. The number of benzene rings is 2. The van der Waals surface area contributed by atoms with E-state index < -0.39 is 5.97 Å². The molecule has 128 valence electrons. The van der Waals surface area contributed by atoms with Gasteiger partial charge in [-0.15, -0.1) is 10.2 Å². The fourth-order valence-corrected chi connectivity index (χ4v) is 3.19. The highest BCUT2D eigenvalue weighted by atomic mass is 32.2. The van der Waals surface area contributed by atoms with E-state index in [1.807, 2.05) is 55.5 Å². The van der Waals surface area contributed by atoms with Gasteiger partial charge in [-0.25, -0.2) is 4.79 Å². The average molecular weight is 355 g/mol. The molecule has 0 bridgehead atoms. The third-order valence-corrected chi connectivity index (χ3v) is 4.58. The zero-order chi connectivity index (χ0) is 17.6. The first-order valence-corrected chi connectivity index (χ1v) is 8.75. The molecule has 0 atom stereocenters. The van der Waals surface area contributed by atoms with Crippen LogP contribution in [0.3, 0.4) is 0 Å². The molecule has 0 saturated carbocycles. The SMILES string of the molecule is CCOc1ccc(-c2ccc(CSc3n[nH]nc3C(=O)O)cc2)cc1. The Morgan fingerprint density at radius 1 is 1.08 bits per heavy atom. The zero-order valence-corrected chi connectivity index (χ0v) is 14.4. The second-order valence-electron chi connectivity index (χ2n) is 5.23. The van der Waals surface area contributed by atoms with Crippen LogP contribution in [0.1, 0.15) is 23.0 Å². The third kappa shape index (κ3) is 4.19. The highest BCUT2D eigenvalue weighted by Gasteiger charge is 2.15. The molecule has 7 heteroatoms. The molecule has 0 radical (unpaired) electrons. The Kier molecular flexibility index (Phi) is 5.35. The number of nitrogens with one attached hydrogen (secondary N) is 1. The summed E-state index contributed by atoms with van der Waals surface area (Å²) in [5.74, 6) is 0.402. The van der Waals surface area contributed by atoms with Crippen LogP contribution in [0.15, 0.2) is 53.6 Å². The van der Waals surface area contributed by atoms with E-state index in [-0.39, 0.29) is 5.69 Å². The van der Waals surface area contributed by atoms with Gasteiger partial charge in [0.2, 0.25) is 5.69 Å². The molecule has 6 nitrogen and oxygen atoms in total. The largest absolute Gasteiger partial charge is 0.494 e. The number of hydrogen-bond donors (Lipinski definition) is 2. The Labute approximate surface area is 149 Å². The predicted molar refractivity (Wildman–Crippen MR) is 96.0 cm³/mol. The van der Waals surface area contributed by atoms with Crippen molar-refractivity contribution in [3.63, 3.8) is 0 Å². The first-order valence-electron chi connectivity index (χ1n) is 7.76. The Morgan fingerprint density at radius 3 is 2.32 bits per heavy atom. The van der Waals surface area contributed by atoms with Gasteiger partial charge in [0.15, 0.2) is 5.03 Å². The molecular formula is C18H17N3O3S. The number of thioether (sulfide) groups is 1. The molecule has 1 aromatic heterocycles. The Morgan fingerprint density at radius 2 is 1.72 bits per heavy atom. The smallest absolute Gasteiger partial charge is 0.359 e. The maximum absolute atomic E-state index is 11.0. The number of ether oxygens (including phenoxy) is 1. The summed E-state index contributed by atoms with van der Waals surface area (Å²) in [4.78, 5) is 11.0. The van der Waals surface area contributed by atoms with E-state index in [0.29, 0.717) is 17.4 Å². The van der Waals surface area contributed by atoms with Gasteiger partial charge in [-0.1, -0.05) is 48.2 Å². The van der Waals surface area contributed by atoms with E-state index in [0.717, 1.165) is 22.4 Å². The zero-order valence-electron chi connectivity index (χ0n) is 13.6. The lowest BCUT2D eigenvalue weighted by atomic mass is 10.0. The van der Waals surface area contributed by atoms with Crippen molar-refractivity contribution in [2.24, 2.45) is 0 Å². The van der Waals surface area contributed by atoms with Gasteiger partial charge < -0.3 is 9.84 Å². The molecule has 3 aromatic rings. The van der Waals surface area contributed by atoms with Gasteiger partial charge >= 0.3 is 5.97 Å². The highest BCUT2D eigenvalue weighted by Crippen LogP contribution is 2.26. The summed E-state index contributed by atoms with van der Waals surface area (Å²) in [5.41, 5.74) is 3.27. The lowest BCUT2D eigenvalue weighted by Crippen LogP contribution is -1.98. The molecule has 0 fully saturated rings. The lowest BCUT2D eigenvalue weighted by Gasteiger charge is -2.06. The van der Waals surface area contributed by atoms with E-state index in [1.165, 1.54) is 11.8 Å². The van der Waals surface area contributed by atoms with Gasteiger partial charge in [-0.2, -0.15) is 5.21 Å². The van der Waals surface area contributed by atoms with Crippen LogP contribution in [0.25, 0.3) is 11.1 Å². The number of hydrogen-bond acceptors (Lipinski definition) is 5. The standard InChI is InChI=1S/C18H17N3O3S/c1-2-24-15-9-7-14(8-10-15)13-5-3-12(4-6-13)11-25-17-16(18(22)23)19-21-20-17/h3-10H,2,11H2,1H3,(H,22,23)(H,19,20,21). The van der Waals surface area contributed by atoms with Crippen molar-refractivity contribution in [1.82, 2.24) is 15.4 Å². The van der Waals surface area contributed by atoms with Gasteiger partial charge in [0.25, 0.3) is 0 Å². The van der Waals surface area contributed by atoms with E-state index in [2.05, 4.69) is 15.4 Å². The van der Waals surface area contributed by atoms with Gasteiger partial charge in [-0.05, 0) is 35.7 Å². The average Bonchev–Trinajstić information content (AvgIpc) is 3.10. The van der Waals surface area contributed by atoms with E-state index in [1.54, 1.807) is 0 Å². The molecule has 0 amide bonds. The van der Waals surface area contributed by atoms with Crippen LogP contribution in [-0.4, -0.2) is 33.1 Å². The first kappa shape index (κ1) is 17.0. The highest BCUT2D eigenvalue weighted by molar-refractivity contribution is 7.98. The molecule has 3 rings (SSSR count). The van der Waals surface area contributed by atoms with Crippen molar-refractivity contribution >= 4 is 17.7 Å². The van der Waals surface area contributed by atoms with E-state index in [9.17, 15) is 4.79 Å². The van der Waals surface area contributed by atoms with Crippen molar-refractivity contribution < 1.29 is 14.6 Å². The van der Waals surface area contributed by atoms with Crippen LogP contribution in [0.2, 0.25) is 0 Å². The van der Waals surface area contributed by atoms with Crippen molar-refractivity contribution in [2.45, 2.75) is 17.7 Å². The second-order valence-corrected chi connectivity index (χ2v) is 6.19. The number of aromatic nitrogens is 3. The summed E-state index contributed by atoms with van der Waals surface area (Å²) in [6, 6.07) is 16.1. The number of rotatable bonds is 7. The molecule has 2 N–H and O–H groups in total. The summed E-state index contributed by atoms with van der Waals surface area (Å²) < 4.78 is 5.45. The van der Waals surface area contributed by atoms with Crippen molar-refractivity contribution in [1.29, 1.82) is 0 Å². The van der Waals surface area contributed by atoms with Crippen molar-refractivity contribution in [2.75, 3.05) is 6.61 Å².